The predicted octanol–water partition coefficient (Wildman–Crippen LogP) is 0.135. The van der Waals surface area contributed by atoms with Crippen molar-refractivity contribution in [3.8, 4) is 0 Å². The Labute approximate surface area is 77.1 Å². The number of aliphatic hydroxyl groups excluding tert-OH is 1. The molecular weight excluding hydrogens is 190 g/mol. The lowest BCUT2D eigenvalue weighted by atomic mass is 10.2. The lowest BCUT2D eigenvalue weighted by Gasteiger charge is -2.04. The van der Waals surface area contributed by atoms with E-state index in [1.807, 2.05) is 0 Å². The minimum Gasteiger partial charge on any atom is -0.392 e. The molecule has 3 N–H and O–H groups in total. The van der Waals surface area contributed by atoms with E-state index in [2.05, 4.69) is 0 Å². The summed E-state index contributed by atoms with van der Waals surface area (Å²) in [5, 5.41) is 13.8. The normalized spacial score (nSPS) is 11.6. The molecule has 0 aromatic heterocycles. The van der Waals surface area contributed by atoms with Gasteiger partial charge in [-0.15, -0.1) is 0 Å². The van der Waals surface area contributed by atoms with E-state index in [1.165, 1.54) is 6.07 Å². The Morgan fingerprint density at radius 3 is 2.54 bits per heavy atom. The van der Waals surface area contributed by atoms with Gasteiger partial charge in [0.15, 0.2) is 0 Å². The van der Waals surface area contributed by atoms with Crippen molar-refractivity contribution in [1.29, 1.82) is 0 Å². The average Bonchev–Trinajstić information content (AvgIpc) is 2.03. The molecule has 0 heterocycles. The number of benzene rings is 1. The zero-order chi connectivity index (χ0) is 10.1. The molecule has 5 heteroatoms. The second kappa shape index (κ2) is 3.45. The maximum atomic E-state index is 11.0. The monoisotopic (exact) mass is 201 g/mol. The van der Waals surface area contributed by atoms with Crippen molar-refractivity contribution < 1.29 is 13.5 Å². The Bertz CT molecular complexity index is 411. The minimum absolute atomic E-state index is 0.0686. The fourth-order valence-corrected chi connectivity index (χ4v) is 1.88. The summed E-state index contributed by atoms with van der Waals surface area (Å²) < 4.78 is 22.0. The smallest absolute Gasteiger partial charge is 0.238 e. The van der Waals surface area contributed by atoms with Crippen molar-refractivity contribution >= 4 is 10.0 Å². The van der Waals surface area contributed by atoms with E-state index < -0.39 is 10.0 Å². The summed E-state index contributed by atoms with van der Waals surface area (Å²) in [4.78, 5) is 0.0686. The molecule has 0 atom stereocenters. The number of aryl methyl sites for hydroxylation is 1. The molecule has 0 aliphatic carbocycles. The lowest BCUT2D eigenvalue weighted by molar-refractivity contribution is 0.281. The Hall–Kier alpha value is -0.910. The lowest BCUT2D eigenvalue weighted by Crippen LogP contribution is -2.14. The SMILES string of the molecule is Cc1ccc(CO)cc1S(N)(=O)=O. The van der Waals surface area contributed by atoms with E-state index in [4.69, 9.17) is 10.2 Å². The molecule has 72 valence electrons. The zero-order valence-electron chi connectivity index (χ0n) is 7.19. The quantitative estimate of drug-likeness (QED) is 0.714. The third kappa shape index (κ3) is 2.27. The first kappa shape index (κ1) is 10.2. The number of hydrogen-bond acceptors (Lipinski definition) is 3. The van der Waals surface area contributed by atoms with Crippen LogP contribution in [0.1, 0.15) is 11.1 Å². The number of rotatable bonds is 2. The molecule has 0 amide bonds. The second-order valence-electron chi connectivity index (χ2n) is 2.80. The maximum absolute atomic E-state index is 11.0. The number of primary sulfonamides is 1. The molecule has 0 unspecified atom stereocenters. The summed E-state index contributed by atoms with van der Waals surface area (Å²) in [6, 6.07) is 4.65. The van der Waals surface area contributed by atoms with Gasteiger partial charge in [0.1, 0.15) is 0 Å². The summed E-state index contributed by atoms with van der Waals surface area (Å²) in [6.07, 6.45) is 0. The standard InChI is InChI=1S/C8H11NO3S/c1-6-2-3-7(5-10)4-8(6)13(9,11)12/h2-4,10H,5H2,1H3,(H2,9,11,12). The summed E-state index contributed by atoms with van der Waals surface area (Å²) in [5.74, 6) is 0. The van der Waals surface area contributed by atoms with E-state index in [9.17, 15) is 8.42 Å². The molecule has 0 fully saturated rings. The summed E-state index contributed by atoms with van der Waals surface area (Å²) >= 11 is 0. The van der Waals surface area contributed by atoms with E-state index in [1.54, 1.807) is 19.1 Å². The average molecular weight is 201 g/mol. The van der Waals surface area contributed by atoms with Gasteiger partial charge in [-0.3, -0.25) is 0 Å². The molecule has 0 saturated carbocycles. The zero-order valence-corrected chi connectivity index (χ0v) is 8.00. The minimum atomic E-state index is -3.68. The molecular formula is C8H11NO3S. The van der Waals surface area contributed by atoms with Crippen LogP contribution in [0, 0.1) is 6.92 Å². The van der Waals surface area contributed by atoms with Gasteiger partial charge < -0.3 is 5.11 Å². The van der Waals surface area contributed by atoms with Crippen molar-refractivity contribution in [1.82, 2.24) is 0 Å². The van der Waals surface area contributed by atoms with Crippen molar-refractivity contribution in [3.05, 3.63) is 29.3 Å². The first-order valence-electron chi connectivity index (χ1n) is 3.68. The molecule has 0 aliphatic heterocycles. The molecule has 0 bridgehead atoms. The van der Waals surface area contributed by atoms with Crippen LogP contribution in [-0.4, -0.2) is 13.5 Å². The highest BCUT2D eigenvalue weighted by molar-refractivity contribution is 7.89. The predicted molar refractivity (Wildman–Crippen MR) is 48.5 cm³/mol. The van der Waals surface area contributed by atoms with E-state index >= 15 is 0 Å². The molecule has 1 rings (SSSR count). The van der Waals surface area contributed by atoms with Crippen LogP contribution in [-0.2, 0) is 16.6 Å². The summed E-state index contributed by atoms with van der Waals surface area (Å²) in [5.41, 5.74) is 1.12. The molecule has 0 saturated heterocycles. The largest absolute Gasteiger partial charge is 0.392 e. The van der Waals surface area contributed by atoms with Crippen LogP contribution in [0.5, 0.6) is 0 Å². The van der Waals surface area contributed by atoms with Crippen molar-refractivity contribution in [2.24, 2.45) is 5.14 Å². The number of sulfonamides is 1. The molecule has 0 spiro atoms. The topological polar surface area (TPSA) is 80.4 Å². The van der Waals surface area contributed by atoms with Crippen molar-refractivity contribution in [2.45, 2.75) is 18.4 Å². The maximum Gasteiger partial charge on any atom is 0.238 e. The van der Waals surface area contributed by atoms with Crippen LogP contribution in [0.25, 0.3) is 0 Å². The first-order valence-corrected chi connectivity index (χ1v) is 5.23. The van der Waals surface area contributed by atoms with Crippen LogP contribution in [0.2, 0.25) is 0 Å². The van der Waals surface area contributed by atoms with E-state index in [0.29, 0.717) is 11.1 Å². The van der Waals surface area contributed by atoms with Gasteiger partial charge in [-0.2, -0.15) is 0 Å². The number of nitrogens with two attached hydrogens (primary N) is 1. The molecule has 1 aromatic rings. The van der Waals surface area contributed by atoms with E-state index in [0.717, 1.165) is 0 Å². The van der Waals surface area contributed by atoms with Crippen LogP contribution < -0.4 is 5.14 Å². The fourth-order valence-electron chi connectivity index (χ4n) is 1.05. The van der Waals surface area contributed by atoms with Gasteiger partial charge in [-0.05, 0) is 24.1 Å². The summed E-state index contributed by atoms with van der Waals surface area (Å²) in [6.45, 7) is 1.46. The Kier molecular flexibility index (Phi) is 2.70. The van der Waals surface area contributed by atoms with Crippen LogP contribution in [0.15, 0.2) is 23.1 Å². The van der Waals surface area contributed by atoms with Gasteiger partial charge in [0.2, 0.25) is 10.0 Å². The van der Waals surface area contributed by atoms with Gasteiger partial charge in [0.05, 0.1) is 11.5 Å². The first-order chi connectivity index (χ1) is 5.95. The van der Waals surface area contributed by atoms with Crippen LogP contribution >= 0.6 is 0 Å². The molecule has 13 heavy (non-hydrogen) atoms. The second-order valence-corrected chi connectivity index (χ2v) is 4.33. The fraction of sp³-hybridized carbons (Fsp3) is 0.250. The number of aliphatic hydroxyl groups is 1. The Morgan fingerprint density at radius 1 is 1.46 bits per heavy atom. The highest BCUT2D eigenvalue weighted by Gasteiger charge is 2.11. The van der Waals surface area contributed by atoms with Gasteiger partial charge >= 0.3 is 0 Å². The van der Waals surface area contributed by atoms with Gasteiger partial charge in [0.25, 0.3) is 0 Å². The molecule has 4 nitrogen and oxygen atoms in total. The van der Waals surface area contributed by atoms with Crippen molar-refractivity contribution in [2.75, 3.05) is 0 Å². The Morgan fingerprint density at radius 2 is 2.08 bits per heavy atom. The van der Waals surface area contributed by atoms with Crippen LogP contribution in [0.4, 0.5) is 0 Å². The summed E-state index contributed by atoms with van der Waals surface area (Å²) in [7, 11) is -3.68. The third-order valence-electron chi connectivity index (χ3n) is 1.74. The van der Waals surface area contributed by atoms with Gasteiger partial charge in [-0.1, -0.05) is 12.1 Å². The highest BCUT2D eigenvalue weighted by Crippen LogP contribution is 2.15. The third-order valence-corrected chi connectivity index (χ3v) is 2.79. The van der Waals surface area contributed by atoms with Crippen molar-refractivity contribution in [3.63, 3.8) is 0 Å². The van der Waals surface area contributed by atoms with E-state index in [-0.39, 0.29) is 11.5 Å². The molecule has 1 aromatic carbocycles. The Balaban J connectivity index is 3.36. The number of hydrogen-bond donors (Lipinski definition) is 2. The molecule has 0 aliphatic rings. The molecule has 0 radical (unpaired) electrons. The van der Waals surface area contributed by atoms with Gasteiger partial charge in [0, 0.05) is 0 Å². The highest BCUT2D eigenvalue weighted by atomic mass is 32.2. The van der Waals surface area contributed by atoms with Crippen LogP contribution in [0.3, 0.4) is 0 Å². The van der Waals surface area contributed by atoms with Gasteiger partial charge in [-0.25, -0.2) is 13.6 Å².